The minimum absolute atomic E-state index is 0.0485. The molecule has 154 valence electrons. The second-order valence-corrected chi connectivity index (χ2v) is 8.69. The Morgan fingerprint density at radius 2 is 2.00 bits per heavy atom. The molecule has 0 saturated carbocycles. The number of hydrogen-bond donors (Lipinski definition) is 1. The summed E-state index contributed by atoms with van der Waals surface area (Å²) in [6.45, 7) is 6.60. The third kappa shape index (κ3) is 3.59. The lowest BCUT2D eigenvalue weighted by molar-refractivity contribution is -0.114. The van der Waals surface area contributed by atoms with Crippen molar-refractivity contribution in [1.29, 1.82) is 5.41 Å². The van der Waals surface area contributed by atoms with Crippen molar-refractivity contribution in [1.82, 2.24) is 9.58 Å². The second-order valence-electron chi connectivity index (χ2n) is 6.68. The van der Waals surface area contributed by atoms with Crippen LogP contribution in [0.15, 0.2) is 46.0 Å². The largest absolute Gasteiger partial charge is 0.494 e. The van der Waals surface area contributed by atoms with Crippen molar-refractivity contribution in [3.63, 3.8) is 0 Å². The molecule has 0 radical (unpaired) electrons. The number of amidine groups is 2. The topological polar surface area (TPSA) is 83.0 Å². The Hall–Kier alpha value is -2.78. The standard InChI is InChI=1S/C21H21N5O2S2/c1-5-28-16-8-6-15(7-9-16)25-12(2)10-14(13(25)3)11-17-18(22)26-20(23-19(17)27)30-21(24-26)29-4/h6-11,22H,5H2,1-4H3/b17-11-,22-18?. The van der Waals surface area contributed by atoms with E-state index in [0.29, 0.717) is 11.8 Å². The van der Waals surface area contributed by atoms with E-state index in [4.69, 9.17) is 10.1 Å². The van der Waals surface area contributed by atoms with Crippen LogP contribution in [0.3, 0.4) is 0 Å². The Bertz CT molecular complexity index is 1130. The summed E-state index contributed by atoms with van der Waals surface area (Å²) < 4.78 is 8.41. The molecule has 1 N–H and O–H groups in total. The number of aromatic nitrogens is 1. The fourth-order valence-corrected chi connectivity index (χ4v) is 4.75. The average molecular weight is 440 g/mol. The molecule has 3 heterocycles. The number of nitrogens with zero attached hydrogens (tertiary/aromatic N) is 4. The van der Waals surface area contributed by atoms with Gasteiger partial charge in [-0.2, -0.15) is 10.0 Å². The first-order chi connectivity index (χ1) is 14.4. The molecule has 0 fully saturated rings. The van der Waals surface area contributed by atoms with Crippen molar-refractivity contribution in [2.45, 2.75) is 20.8 Å². The van der Waals surface area contributed by atoms with Crippen LogP contribution >= 0.6 is 23.5 Å². The number of aryl methyl sites for hydroxylation is 1. The van der Waals surface area contributed by atoms with Crippen LogP contribution in [0.4, 0.5) is 0 Å². The van der Waals surface area contributed by atoms with E-state index in [2.05, 4.69) is 14.7 Å². The lowest BCUT2D eigenvalue weighted by Gasteiger charge is -2.20. The van der Waals surface area contributed by atoms with E-state index in [1.165, 1.54) is 28.5 Å². The highest BCUT2D eigenvalue weighted by molar-refractivity contribution is 8.45. The van der Waals surface area contributed by atoms with Crippen LogP contribution in [-0.2, 0) is 4.79 Å². The molecule has 30 heavy (non-hydrogen) atoms. The third-order valence-electron chi connectivity index (χ3n) is 4.79. The van der Waals surface area contributed by atoms with E-state index in [1.807, 2.05) is 57.4 Å². The van der Waals surface area contributed by atoms with Crippen molar-refractivity contribution in [2.24, 2.45) is 10.1 Å². The summed E-state index contributed by atoms with van der Waals surface area (Å²) in [6.07, 6.45) is 3.64. The highest BCUT2D eigenvalue weighted by Gasteiger charge is 2.35. The molecule has 9 heteroatoms. The van der Waals surface area contributed by atoms with Gasteiger partial charge in [-0.1, -0.05) is 0 Å². The molecular formula is C21H21N5O2S2. The number of rotatable bonds is 4. The molecular weight excluding hydrogens is 418 g/mol. The zero-order chi connectivity index (χ0) is 21.4. The number of nitrogens with one attached hydrogen (secondary N) is 1. The fraction of sp³-hybridized carbons (Fsp3) is 0.238. The highest BCUT2D eigenvalue weighted by atomic mass is 32.2. The predicted molar refractivity (Wildman–Crippen MR) is 125 cm³/mol. The molecule has 2 aliphatic heterocycles. The molecule has 0 unspecified atom stereocenters. The maximum Gasteiger partial charge on any atom is 0.283 e. The molecule has 0 bridgehead atoms. The molecule has 0 spiro atoms. The van der Waals surface area contributed by atoms with Crippen molar-refractivity contribution < 1.29 is 9.53 Å². The quantitative estimate of drug-likeness (QED) is 0.713. The number of hydrogen-bond acceptors (Lipinski definition) is 6. The Morgan fingerprint density at radius 1 is 1.27 bits per heavy atom. The lowest BCUT2D eigenvalue weighted by Crippen LogP contribution is -2.35. The van der Waals surface area contributed by atoms with Crippen LogP contribution < -0.4 is 4.74 Å². The molecule has 4 rings (SSSR count). The summed E-state index contributed by atoms with van der Waals surface area (Å²) >= 11 is 2.77. The zero-order valence-electron chi connectivity index (χ0n) is 17.1. The van der Waals surface area contributed by atoms with Gasteiger partial charge in [0.25, 0.3) is 5.91 Å². The van der Waals surface area contributed by atoms with E-state index in [9.17, 15) is 4.79 Å². The molecule has 7 nitrogen and oxygen atoms in total. The van der Waals surface area contributed by atoms with E-state index in [-0.39, 0.29) is 11.4 Å². The van der Waals surface area contributed by atoms with Gasteiger partial charge in [0.15, 0.2) is 10.2 Å². The number of thioether (sulfide) groups is 2. The van der Waals surface area contributed by atoms with Gasteiger partial charge >= 0.3 is 0 Å². The van der Waals surface area contributed by atoms with Gasteiger partial charge in [-0.25, -0.2) is 0 Å². The van der Waals surface area contributed by atoms with Gasteiger partial charge in [-0.3, -0.25) is 10.2 Å². The summed E-state index contributed by atoms with van der Waals surface area (Å²) in [6, 6.07) is 9.91. The number of aliphatic imine (C=N–C) groups is 1. The first kappa shape index (κ1) is 20.5. The van der Waals surface area contributed by atoms with E-state index < -0.39 is 5.91 Å². The number of fused-ring (bicyclic) bond motifs is 1. The molecule has 0 aliphatic carbocycles. The number of hydrazone groups is 1. The van der Waals surface area contributed by atoms with Crippen LogP contribution in [0, 0.1) is 19.3 Å². The van der Waals surface area contributed by atoms with Crippen LogP contribution in [0.2, 0.25) is 0 Å². The number of ether oxygens (including phenoxy) is 1. The van der Waals surface area contributed by atoms with Crippen LogP contribution in [0.25, 0.3) is 11.8 Å². The fourth-order valence-electron chi connectivity index (χ4n) is 3.40. The Balaban J connectivity index is 1.70. The normalized spacial score (nSPS) is 17.3. The second kappa shape index (κ2) is 8.16. The molecule has 1 aromatic carbocycles. The Labute approximate surface area is 183 Å². The van der Waals surface area contributed by atoms with Crippen LogP contribution in [0.5, 0.6) is 5.75 Å². The predicted octanol–water partition coefficient (Wildman–Crippen LogP) is 4.43. The molecule has 1 amide bonds. The summed E-state index contributed by atoms with van der Waals surface area (Å²) in [5, 5.41) is 14.7. The van der Waals surface area contributed by atoms with Crippen molar-refractivity contribution in [3.05, 3.63) is 52.9 Å². The van der Waals surface area contributed by atoms with E-state index in [1.54, 1.807) is 6.08 Å². The van der Waals surface area contributed by atoms with Crippen LogP contribution in [-0.4, -0.2) is 43.7 Å². The maximum atomic E-state index is 12.6. The maximum absolute atomic E-state index is 12.6. The van der Waals surface area contributed by atoms with Gasteiger partial charge in [0.05, 0.1) is 12.2 Å². The molecule has 2 aliphatic rings. The molecule has 0 atom stereocenters. The summed E-state index contributed by atoms with van der Waals surface area (Å²) in [7, 11) is 0. The summed E-state index contributed by atoms with van der Waals surface area (Å²) in [5.74, 6) is 0.462. The molecule has 0 saturated heterocycles. The van der Waals surface area contributed by atoms with Gasteiger partial charge in [0.2, 0.25) is 5.17 Å². The highest BCUT2D eigenvalue weighted by Crippen LogP contribution is 2.32. The van der Waals surface area contributed by atoms with Crippen molar-refractivity contribution in [3.8, 4) is 11.4 Å². The SMILES string of the molecule is CCOc1ccc(-n2c(C)cc(/C=C3/C(=N)N4N=C(SC)SC4=NC3=O)c2C)cc1. The first-order valence-corrected chi connectivity index (χ1v) is 11.4. The van der Waals surface area contributed by atoms with Crippen molar-refractivity contribution in [2.75, 3.05) is 12.9 Å². The Morgan fingerprint density at radius 3 is 2.67 bits per heavy atom. The van der Waals surface area contributed by atoms with Gasteiger partial charge in [0.1, 0.15) is 5.75 Å². The third-order valence-corrected chi connectivity index (χ3v) is 6.67. The minimum Gasteiger partial charge on any atom is -0.494 e. The first-order valence-electron chi connectivity index (χ1n) is 9.39. The summed E-state index contributed by atoms with van der Waals surface area (Å²) in [4.78, 5) is 16.7. The van der Waals surface area contributed by atoms with E-state index >= 15 is 0 Å². The zero-order valence-corrected chi connectivity index (χ0v) is 18.7. The van der Waals surface area contributed by atoms with Gasteiger partial charge < -0.3 is 9.30 Å². The van der Waals surface area contributed by atoms with Gasteiger partial charge in [0, 0.05) is 17.1 Å². The molecule has 2 aromatic rings. The van der Waals surface area contributed by atoms with Gasteiger partial charge in [-0.15, -0.1) is 16.9 Å². The van der Waals surface area contributed by atoms with Gasteiger partial charge in [-0.05, 0) is 80.8 Å². The minimum atomic E-state index is -0.415. The van der Waals surface area contributed by atoms with E-state index in [0.717, 1.165) is 32.8 Å². The van der Waals surface area contributed by atoms with Crippen LogP contribution in [0.1, 0.15) is 23.9 Å². The number of amides is 1. The number of benzene rings is 1. The number of carbonyl (C=O) groups is 1. The summed E-state index contributed by atoms with van der Waals surface area (Å²) in [5.41, 5.74) is 4.12. The lowest BCUT2D eigenvalue weighted by atomic mass is 10.1. The van der Waals surface area contributed by atoms with Crippen molar-refractivity contribution >= 4 is 50.9 Å². The Kier molecular flexibility index (Phi) is 5.57. The average Bonchev–Trinajstić information content (AvgIpc) is 3.26. The number of carbonyl (C=O) groups excluding carboxylic acids is 1. The molecule has 1 aromatic heterocycles. The smallest absolute Gasteiger partial charge is 0.283 e. The monoisotopic (exact) mass is 439 g/mol.